The number of carbonyl (C=O) groups is 1. The van der Waals surface area contributed by atoms with Gasteiger partial charge in [-0.3, -0.25) is 4.79 Å². The predicted octanol–water partition coefficient (Wildman–Crippen LogP) is 5.31. The molecule has 0 aliphatic carbocycles. The van der Waals surface area contributed by atoms with Crippen molar-refractivity contribution in [3.8, 4) is 11.5 Å². The van der Waals surface area contributed by atoms with Crippen molar-refractivity contribution < 1.29 is 14.3 Å². The topological polar surface area (TPSA) is 38.8 Å². The average Bonchev–Trinajstić information content (AvgIpc) is 2.65. The van der Waals surface area contributed by atoms with Crippen LogP contribution in [-0.4, -0.2) is 38.1 Å². The molecule has 0 unspecified atom stereocenters. The van der Waals surface area contributed by atoms with E-state index in [9.17, 15) is 4.79 Å². The van der Waals surface area contributed by atoms with Crippen LogP contribution in [0, 0.1) is 0 Å². The molecule has 0 aliphatic heterocycles. The molecule has 0 saturated heterocycles. The van der Waals surface area contributed by atoms with E-state index in [0.29, 0.717) is 17.1 Å². The van der Waals surface area contributed by atoms with Crippen LogP contribution in [0.2, 0.25) is 0 Å². The number of hydrogen-bond donors (Lipinski definition) is 0. The molecule has 0 radical (unpaired) electrons. The number of ether oxygens (including phenoxy) is 2. The second-order valence-electron chi connectivity index (χ2n) is 6.45. The minimum atomic E-state index is 0.0160. The summed E-state index contributed by atoms with van der Waals surface area (Å²) in [5.74, 6) is 1.18. The number of benzene rings is 1. The molecule has 0 heterocycles. The number of amides is 1. The lowest BCUT2D eigenvalue weighted by Gasteiger charge is -2.24. The third kappa shape index (κ3) is 6.97. The highest BCUT2D eigenvalue weighted by molar-refractivity contribution is 5.99. The molecular formula is C21H35NO3. The van der Waals surface area contributed by atoms with Gasteiger partial charge >= 0.3 is 0 Å². The summed E-state index contributed by atoms with van der Waals surface area (Å²) in [5, 5.41) is 0. The van der Waals surface area contributed by atoms with E-state index >= 15 is 0 Å². The van der Waals surface area contributed by atoms with Crippen LogP contribution in [0.5, 0.6) is 11.5 Å². The first kappa shape index (κ1) is 21.3. The smallest absolute Gasteiger partial charge is 0.261 e. The number of nitrogens with zero attached hydrogens (tertiary/aromatic N) is 1. The average molecular weight is 350 g/mol. The Morgan fingerprint density at radius 2 is 1.32 bits per heavy atom. The van der Waals surface area contributed by atoms with E-state index in [-0.39, 0.29) is 5.91 Å². The van der Waals surface area contributed by atoms with Gasteiger partial charge in [0.1, 0.15) is 17.1 Å². The fraction of sp³-hybridized carbons (Fsp3) is 0.667. The van der Waals surface area contributed by atoms with Crippen molar-refractivity contribution in [1.29, 1.82) is 0 Å². The molecule has 1 aromatic rings. The molecule has 4 nitrogen and oxygen atoms in total. The van der Waals surface area contributed by atoms with Gasteiger partial charge in [-0.1, -0.05) is 58.4 Å². The lowest BCUT2D eigenvalue weighted by molar-refractivity contribution is 0.0742. The summed E-state index contributed by atoms with van der Waals surface area (Å²) in [7, 11) is 3.19. The molecule has 4 heteroatoms. The predicted molar refractivity (Wildman–Crippen MR) is 104 cm³/mol. The molecular weight excluding hydrogens is 314 g/mol. The summed E-state index contributed by atoms with van der Waals surface area (Å²) < 4.78 is 10.8. The molecule has 0 bridgehead atoms. The minimum absolute atomic E-state index is 0.0160. The zero-order valence-electron chi connectivity index (χ0n) is 16.5. The highest BCUT2D eigenvalue weighted by atomic mass is 16.5. The molecule has 1 amide bonds. The quantitative estimate of drug-likeness (QED) is 0.453. The van der Waals surface area contributed by atoms with Gasteiger partial charge in [0.2, 0.25) is 0 Å². The van der Waals surface area contributed by atoms with Gasteiger partial charge in [0.05, 0.1) is 14.2 Å². The van der Waals surface area contributed by atoms with Crippen LogP contribution in [0.25, 0.3) is 0 Å². The molecule has 0 N–H and O–H groups in total. The van der Waals surface area contributed by atoms with Gasteiger partial charge in [0.15, 0.2) is 0 Å². The van der Waals surface area contributed by atoms with Gasteiger partial charge < -0.3 is 14.4 Å². The van der Waals surface area contributed by atoms with Crippen LogP contribution in [0.1, 0.15) is 75.6 Å². The first-order chi connectivity index (χ1) is 12.2. The maximum Gasteiger partial charge on any atom is 0.261 e. The molecule has 0 aromatic heterocycles. The van der Waals surface area contributed by atoms with Gasteiger partial charge in [-0.2, -0.15) is 0 Å². The third-order valence-corrected chi connectivity index (χ3v) is 4.49. The summed E-state index contributed by atoms with van der Waals surface area (Å²) in [5.41, 5.74) is 0.540. The van der Waals surface area contributed by atoms with Crippen LogP contribution >= 0.6 is 0 Å². The lowest BCUT2D eigenvalue weighted by atomic mass is 10.1. The Kier molecular flexibility index (Phi) is 10.8. The fourth-order valence-electron chi connectivity index (χ4n) is 2.99. The van der Waals surface area contributed by atoms with E-state index in [1.807, 2.05) is 23.1 Å². The van der Waals surface area contributed by atoms with E-state index < -0.39 is 0 Å². The van der Waals surface area contributed by atoms with Crippen molar-refractivity contribution in [3.05, 3.63) is 23.8 Å². The van der Waals surface area contributed by atoms with E-state index in [1.165, 1.54) is 25.7 Å². The van der Waals surface area contributed by atoms with Crippen molar-refractivity contribution in [1.82, 2.24) is 4.90 Å². The van der Waals surface area contributed by atoms with Crippen LogP contribution in [-0.2, 0) is 0 Å². The van der Waals surface area contributed by atoms with Crippen LogP contribution in [0.4, 0.5) is 0 Å². The number of carbonyl (C=O) groups excluding carboxylic acids is 1. The van der Waals surface area contributed by atoms with E-state index in [1.54, 1.807) is 14.2 Å². The van der Waals surface area contributed by atoms with E-state index in [2.05, 4.69) is 13.8 Å². The van der Waals surface area contributed by atoms with E-state index in [0.717, 1.165) is 38.8 Å². The van der Waals surface area contributed by atoms with Crippen molar-refractivity contribution in [2.45, 2.75) is 65.2 Å². The normalized spacial score (nSPS) is 10.6. The summed E-state index contributed by atoms with van der Waals surface area (Å²) in [4.78, 5) is 15.2. The monoisotopic (exact) mass is 349 g/mol. The van der Waals surface area contributed by atoms with Gasteiger partial charge in [-0.05, 0) is 25.0 Å². The zero-order chi connectivity index (χ0) is 18.5. The van der Waals surface area contributed by atoms with Crippen LogP contribution in [0.15, 0.2) is 18.2 Å². The first-order valence-electron chi connectivity index (χ1n) is 9.69. The van der Waals surface area contributed by atoms with E-state index in [4.69, 9.17) is 9.47 Å². The van der Waals surface area contributed by atoms with Gasteiger partial charge in [-0.15, -0.1) is 0 Å². The molecule has 142 valence electrons. The molecule has 1 rings (SSSR count). The maximum atomic E-state index is 13.2. The van der Waals surface area contributed by atoms with Crippen molar-refractivity contribution in [2.75, 3.05) is 27.3 Å². The molecule has 1 aromatic carbocycles. The molecule has 25 heavy (non-hydrogen) atoms. The SMILES string of the molecule is CCCCCCN(CCCCCC)C(=O)c1c(OC)cccc1OC. The summed E-state index contributed by atoms with van der Waals surface area (Å²) in [6.07, 6.45) is 9.26. The van der Waals surface area contributed by atoms with Crippen molar-refractivity contribution >= 4 is 5.91 Å². The molecule has 0 fully saturated rings. The number of methoxy groups -OCH3 is 2. The maximum absolute atomic E-state index is 13.2. The van der Waals surface area contributed by atoms with Crippen LogP contribution in [0.3, 0.4) is 0 Å². The Hall–Kier alpha value is -1.71. The molecule has 0 aliphatic rings. The van der Waals surface area contributed by atoms with Crippen LogP contribution < -0.4 is 9.47 Å². The Morgan fingerprint density at radius 1 is 0.840 bits per heavy atom. The van der Waals surface area contributed by atoms with Gasteiger partial charge in [-0.25, -0.2) is 0 Å². The Morgan fingerprint density at radius 3 is 1.72 bits per heavy atom. The largest absolute Gasteiger partial charge is 0.496 e. The number of unbranched alkanes of at least 4 members (excludes halogenated alkanes) is 6. The fourth-order valence-corrected chi connectivity index (χ4v) is 2.99. The Balaban J connectivity index is 2.89. The minimum Gasteiger partial charge on any atom is -0.496 e. The highest BCUT2D eigenvalue weighted by Gasteiger charge is 2.23. The molecule has 0 atom stereocenters. The molecule has 0 saturated carbocycles. The summed E-state index contributed by atoms with van der Waals surface area (Å²) in [6.45, 7) is 6.00. The highest BCUT2D eigenvalue weighted by Crippen LogP contribution is 2.29. The summed E-state index contributed by atoms with van der Waals surface area (Å²) >= 11 is 0. The second kappa shape index (κ2) is 12.6. The second-order valence-corrected chi connectivity index (χ2v) is 6.45. The third-order valence-electron chi connectivity index (χ3n) is 4.49. The van der Waals surface area contributed by atoms with Gasteiger partial charge in [0, 0.05) is 13.1 Å². The Bertz CT molecular complexity index is 468. The van der Waals surface area contributed by atoms with Crippen molar-refractivity contribution in [2.24, 2.45) is 0 Å². The standard InChI is InChI=1S/C21H35NO3/c1-5-7-9-11-16-22(17-12-10-8-6-2)21(23)20-18(24-3)14-13-15-19(20)25-4/h13-15H,5-12,16-17H2,1-4H3. The van der Waals surface area contributed by atoms with Crippen molar-refractivity contribution in [3.63, 3.8) is 0 Å². The first-order valence-corrected chi connectivity index (χ1v) is 9.69. The lowest BCUT2D eigenvalue weighted by Crippen LogP contribution is -2.33. The van der Waals surface area contributed by atoms with Gasteiger partial charge in [0.25, 0.3) is 5.91 Å². The number of rotatable bonds is 13. The summed E-state index contributed by atoms with van der Waals surface area (Å²) in [6, 6.07) is 5.49. The number of hydrogen-bond acceptors (Lipinski definition) is 3. The molecule has 0 spiro atoms. The Labute approximate surface area is 153 Å². The zero-order valence-corrected chi connectivity index (χ0v) is 16.5.